The van der Waals surface area contributed by atoms with Gasteiger partial charge in [-0.05, 0) is 25.0 Å². The number of likely N-dealkylation sites (tertiary alicyclic amines) is 1. The van der Waals surface area contributed by atoms with Gasteiger partial charge < -0.3 is 19.5 Å². The van der Waals surface area contributed by atoms with E-state index in [2.05, 4.69) is 5.32 Å². The first-order valence-electron chi connectivity index (χ1n) is 8.50. The summed E-state index contributed by atoms with van der Waals surface area (Å²) in [6.45, 7) is 2.36. The molecule has 4 rings (SSSR count). The average Bonchev–Trinajstić information content (AvgIpc) is 3.07. The highest BCUT2D eigenvalue weighted by atomic mass is 16.3. The molecule has 3 amide bonds. The second-order valence-corrected chi connectivity index (χ2v) is 6.44. The highest BCUT2D eigenvalue weighted by molar-refractivity contribution is 5.93. The lowest BCUT2D eigenvalue weighted by Crippen LogP contribution is -2.50. The second-order valence-electron chi connectivity index (χ2n) is 6.44. The molecule has 2 fully saturated rings. The molecule has 1 unspecified atom stereocenters. The van der Waals surface area contributed by atoms with Gasteiger partial charge >= 0.3 is 6.03 Å². The summed E-state index contributed by atoms with van der Waals surface area (Å²) in [5, 5.41) is 3.26. The highest BCUT2D eigenvalue weighted by Gasteiger charge is 2.33. The summed E-state index contributed by atoms with van der Waals surface area (Å²) in [7, 11) is 0. The van der Waals surface area contributed by atoms with Crippen LogP contribution in [0.3, 0.4) is 0 Å². The Kier molecular flexibility index (Phi) is 3.91. The Balaban J connectivity index is 1.58. The number of nitrogens with one attached hydrogen (secondary N) is 1. The molecule has 2 aromatic rings. The van der Waals surface area contributed by atoms with E-state index in [0.717, 1.165) is 12.8 Å². The van der Waals surface area contributed by atoms with E-state index in [1.54, 1.807) is 34.1 Å². The predicted octanol–water partition coefficient (Wildman–Crippen LogP) is 1.42. The van der Waals surface area contributed by atoms with Crippen molar-refractivity contribution in [3.8, 4) is 0 Å². The molecule has 0 radical (unpaired) electrons. The number of carbonyl (C=O) groups is 2. The summed E-state index contributed by atoms with van der Waals surface area (Å²) >= 11 is 0. The summed E-state index contributed by atoms with van der Waals surface area (Å²) in [6, 6.07) is 8.08. The number of benzene rings is 1. The lowest BCUT2D eigenvalue weighted by atomic mass is 10.0. The number of piperidine rings is 1. The van der Waals surface area contributed by atoms with Crippen LogP contribution in [0.2, 0.25) is 0 Å². The molecule has 1 aromatic heterocycles. The number of urea groups is 1. The van der Waals surface area contributed by atoms with Crippen molar-refractivity contribution in [3.05, 3.63) is 46.3 Å². The number of para-hydroxylation sites is 1. The molecule has 0 bridgehead atoms. The van der Waals surface area contributed by atoms with Gasteiger partial charge in [0.2, 0.25) is 0 Å². The van der Waals surface area contributed by atoms with Crippen molar-refractivity contribution in [2.45, 2.75) is 18.9 Å². The fraction of sp³-hybridized carbons (Fsp3) is 0.389. The second kappa shape index (κ2) is 6.23. The minimum absolute atomic E-state index is 0.00683. The predicted molar refractivity (Wildman–Crippen MR) is 91.5 cm³/mol. The maximum atomic E-state index is 12.8. The highest BCUT2D eigenvalue weighted by Crippen LogP contribution is 2.20. The first kappa shape index (κ1) is 15.7. The molecule has 2 saturated heterocycles. The molecule has 2 aliphatic rings. The first-order valence-corrected chi connectivity index (χ1v) is 8.50. The van der Waals surface area contributed by atoms with Gasteiger partial charge in [-0.1, -0.05) is 12.1 Å². The molecule has 7 heteroatoms. The Hall–Kier alpha value is -2.83. The van der Waals surface area contributed by atoms with Gasteiger partial charge in [-0.3, -0.25) is 9.59 Å². The van der Waals surface area contributed by atoms with E-state index in [1.165, 1.54) is 6.07 Å². The van der Waals surface area contributed by atoms with Crippen LogP contribution in [-0.4, -0.2) is 54.0 Å². The molecule has 7 nitrogen and oxygen atoms in total. The van der Waals surface area contributed by atoms with Crippen LogP contribution in [0.5, 0.6) is 0 Å². The van der Waals surface area contributed by atoms with Crippen molar-refractivity contribution in [1.29, 1.82) is 0 Å². The van der Waals surface area contributed by atoms with Crippen molar-refractivity contribution >= 4 is 22.9 Å². The first-order chi connectivity index (χ1) is 12.1. The molecule has 2 aliphatic heterocycles. The van der Waals surface area contributed by atoms with Crippen LogP contribution in [0.15, 0.2) is 39.5 Å². The van der Waals surface area contributed by atoms with E-state index < -0.39 is 0 Å². The Morgan fingerprint density at radius 2 is 2.04 bits per heavy atom. The lowest BCUT2D eigenvalue weighted by Gasteiger charge is -2.36. The number of carbonyl (C=O) groups excluding carboxylic acids is 2. The molecule has 0 spiro atoms. The van der Waals surface area contributed by atoms with Crippen molar-refractivity contribution in [1.82, 2.24) is 15.1 Å². The zero-order valence-electron chi connectivity index (χ0n) is 13.7. The molecular weight excluding hydrogens is 322 g/mol. The minimum Gasteiger partial charge on any atom is -0.451 e. The van der Waals surface area contributed by atoms with E-state index in [4.69, 9.17) is 4.42 Å². The zero-order chi connectivity index (χ0) is 17.4. The minimum atomic E-state index is -0.299. The third-order valence-corrected chi connectivity index (χ3v) is 4.86. The molecular formula is C18H19N3O4. The van der Waals surface area contributed by atoms with Crippen LogP contribution < -0.4 is 10.7 Å². The molecule has 25 heavy (non-hydrogen) atoms. The maximum absolute atomic E-state index is 12.8. The molecule has 1 aromatic carbocycles. The SMILES string of the molecule is O=C(c1cc(=O)c2ccccc2o1)N1CCCC(N2CCNC2=O)C1. The maximum Gasteiger partial charge on any atom is 0.317 e. The van der Waals surface area contributed by atoms with E-state index >= 15 is 0 Å². The van der Waals surface area contributed by atoms with Gasteiger partial charge in [0.05, 0.1) is 11.4 Å². The van der Waals surface area contributed by atoms with Crippen LogP contribution in [0.4, 0.5) is 4.79 Å². The van der Waals surface area contributed by atoms with Gasteiger partial charge in [0.15, 0.2) is 11.2 Å². The quantitative estimate of drug-likeness (QED) is 0.896. The van der Waals surface area contributed by atoms with Gasteiger partial charge in [0, 0.05) is 32.2 Å². The van der Waals surface area contributed by atoms with Crippen molar-refractivity contribution in [2.75, 3.05) is 26.2 Å². The number of hydrogen-bond donors (Lipinski definition) is 1. The van der Waals surface area contributed by atoms with E-state index in [0.29, 0.717) is 37.1 Å². The molecule has 0 saturated carbocycles. The van der Waals surface area contributed by atoms with Crippen molar-refractivity contribution in [3.63, 3.8) is 0 Å². The van der Waals surface area contributed by atoms with Gasteiger partial charge in [0.25, 0.3) is 5.91 Å². The Morgan fingerprint density at radius 1 is 1.20 bits per heavy atom. The smallest absolute Gasteiger partial charge is 0.317 e. The van der Waals surface area contributed by atoms with Crippen LogP contribution >= 0.6 is 0 Å². The number of hydrogen-bond acceptors (Lipinski definition) is 4. The lowest BCUT2D eigenvalue weighted by molar-refractivity contribution is 0.0604. The summed E-state index contributed by atoms with van der Waals surface area (Å²) in [4.78, 5) is 40.3. The van der Waals surface area contributed by atoms with Crippen LogP contribution in [-0.2, 0) is 0 Å². The van der Waals surface area contributed by atoms with Crippen LogP contribution in [0.25, 0.3) is 11.0 Å². The molecule has 3 heterocycles. The topological polar surface area (TPSA) is 82.9 Å². The largest absolute Gasteiger partial charge is 0.451 e. The van der Waals surface area contributed by atoms with E-state index in [1.807, 2.05) is 0 Å². The zero-order valence-corrected chi connectivity index (χ0v) is 13.7. The summed E-state index contributed by atoms with van der Waals surface area (Å²) in [6.07, 6.45) is 1.69. The van der Waals surface area contributed by atoms with E-state index in [-0.39, 0.29) is 29.2 Å². The summed E-state index contributed by atoms with van der Waals surface area (Å²) < 4.78 is 5.66. The molecule has 0 aliphatic carbocycles. The number of nitrogens with zero attached hydrogens (tertiary/aromatic N) is 2. The normalized spacial score (nSPS) is 20.8. The number of amides is 3. The fourth-order valence-corrected chi connectivity index (χ4v) is 3.59. The van der Waals surface area contributed by atoms with Crippen LogP contribution in [0, 0.1) is 0 Å². The summed E-state index contributed by atoms with van der Waals surface area (Å²) in [5.41, 5.74) is 0.184. The van der Waals surface area contributed by atoms with Gasteiger partial charge in [0.1, 0.15) is 5.58 Å². The summed E-state index contributed by atoms with van der Waals surface area (Å²) in [5.74, 6) is -0.248. The Bertz CT molecular complexity index is 891. The van der Waals surface area contributed by atoms with Gasteiger partial charge in [-0.25, -0.2) is 4.79 Å². The third kappa shape index (κ3) is 2.86. The van der Waals surface area contributed by atoms with Crippen molar-refractivity contribution < 1.29 is 14.0 Å². The fourth-order valence-electron chi connectivity index (χ4n) is 3.59. The van der Waals surface area contributed by atoms with Gasteiger partial charge in [-0.15, -0.1) is 0 Å². The molecule has 1 N–H and O–H groups in total. The third-order valence-electron chi connectivity index (χ3n) is 4.86. The Morgan fingerprint density at radius 3 is 2.84 bits per heavy atom. The number of fused-ring (bicyclic) bond motifs is 1. The van der Waals surface area contributed by atoms with Crippen LogP contribution in [0.1, 0.15) is 23.4 Å². The molecule has 130 valence electrons. The monoisotopic (exact) mass is 341 g/mol. The van der Waals surface area contributed by atoms with E-state index in [9.17, 15) is 14.4 Å². The Labute approximate surface area is 144 Å². The number of rotatable bonds is 2. The average molecular weight is 341 g/mol. The van der Waals surface area contributed by atoms with Crippen molar-refractivity contribution in [2.24, 2.45) is 0 Å². The molecule has 1 atom stereocenters. The van der Waals surface area contributed by atoms with Gasteiger partial charge in [-0.2, -0.15) is 0 Å². The standard InChI is InChI=1S/C18H19N3O4/c22-14-10-16(25-15-6-2-1-5-13(14)15)17(23)20-8-3-4-12(11-20)21-9-7-19-18(21)24/h1-2,5-6,10,12H,3-4,7-9,11H2,(H,19,24).